The third-order valence-corrected chi connectivity index (χ3v) is 3.12. The lowest BCUT2D eigenvalue weighted by molar-refractivity contribution is 0.694. The molecule has 1 atom stereocenters. The summed E-state index contributed by atoms with van der Waals surface area (Å²) in [7, 11) is 0. The smallest absolute Gasteiger partial charge is 0.0991 e. The van der Waals surface area contributed by atoms with Gasteiger partial charge in [0.1, 0.15) is 0 Å². The van der Waals surface area contributed by atoms with Crippen LogP contribution in [-0.2, 0) is 6.42 Å². The Labute approximate surface area is 108 Å². The predicted molar refractivity (Wildman–Crippen MR) is 73.1 cm³/mol. The van der Waals surface area contributed by atoms with Crippen molar-refractivity contribution < 1.29 is 0 Å². The molecule has 2 aromatic carbocycles. The summed E-state index contributed by atoms with van der Waals surface area (Å²) in [6, 6.07) is 20.2. The summed E-state index contributed by atoms with van der Waals surface area (Å²) < 4.78 is 0. The van der Waals surface area contributed by atoms with E-state index in [4.69, 9.17) is 11.0 Å². The molecule has 0 aliphatic carbocycles. The van der Waals surface area contributed by atoms with E-state index in [2.05, 4.69) is 18.2 Å². The number of nitrogens with zero attached hydrogens (tertiary/aromatic N) is 1. The molecule has 90 valence electrons. The van der Waals surface area contributed by atoms with E-state index in [-0.39, 0.29) is 0 Å². The van der Waals surface area contributed by atoms with Gasteiger partial charge in [-0.15, -0.1) is 0 Å². The summed E-state index contributed by atoms with van der Waals surface area (Å²) in [6.45, 7) is 0.629. The van der Waals surface area contributed by atoms with Gasteiger partial charge in [-0.25, -0.2) is 0 Å². The molecule has 0 spiro atoms. The molecule has 2 rings (SSSR count). The van der Waals surface area contributed by atoms with Crippen molar-refractivity contribution in [2.24, 2.45) is 5.73 Å². The van der Waals surface area contributed by atoms with E-state index in [1.807, 2.05) is 42.5 Å². The second kappa shape index (κ2) is 6.00. The standard InChI is InChI=1S/C16H16N2/c17-11-14-8-6-13(7-9-14)10-16(12-18)15-4-2-1-3-5-15/h1-9,16H,10,12,18H2. The zero-order chi connectivity index (χ0) is 12.8. The molecule has 2 nitrogen and oxygen atoms in total. The summed E-state index contributed by atoms with van der Waals surface area (Å²) in [5.74, 6) is 0.333. The van der Waals surface area contributed by atoms with Crippen LogP contribution in [0.2, 0.25) is 0 Å². The number of hydrogen-bond acceptors (Lipinski definition) is 2. The van der Waals surface area contributed by atoms with Crippen molar-refractivity contribution in [2.45, 2.75) is 12.3 Å². The van der Waals surface area contributed by atoms with Gasteiger partial charge in [-0.1, -0.05) is 42.5 Å². The zero-order valence-electron chi connectivity index (χ0n) is 10.2. The first kappa shape index (κ1) is 12.3. The van der Waals surface area contributed by atoms with Crippen LogP contribution in [0, 0.1) is 11.3 Å². The fraction of sp³-hybridized carbons (Fsp3) is 0.188. The van der Waals surface area contributed by atoms with Gasteiger partial charge in [-0.05, 0) is 36.2 Å². The van der Waals surface area contributed by atoms with Crippen LogP contribution in [0.1, 0.15) is 22.6 Å². The lowest BCUT2D eigenvalue weighted by Crippen LogP contribution is -2.14. The molecule has 2 N–H and O–H groups in total. The third kappa shape index (κ3) is 2.97. The largest absolute Gasteiger partial charge is 0.330 e. The van der Waals surface area contributed by atoms with Crippen molar-refractivity contribution in [3.05, 3.63) is 71.3 Å². The van der Waals surface area contributed by atoms with Crippen molar-refractivity contribution in [1.29, 1.82) is 5.26 Å². The van der Waals surface area contributed by atoms with Crippen LogP contribution in [0.5, 0.6) is 0 Å². The molecular weight excluding hydrogens is 220 g/mol. The molecule has 0 aromatic heterocycles. The van der Waals surface area contributed by atoms with Crippen molar-refractivity contribution in [2.75, 3.05) is 6.54 Å². The van der Waals surface area contributed by atoms with E-state index in [0.717, 1.165) is 6.42 Å². The Morgan fingerprint density at radius 2 is 1.67 bits per heavy atom. The molecule has 0 saturated heterocycles. The SMILES string of the molecule is N#Cc1ccc(CC(CN)c2ccccc2)cc1. The lowest BCUT2D eigenvalue weighted by atomic mass is 9.92. The topological polar surface area (TPSA) is 49.8 Å². The Balaban J connectivity index is 2.13. The minimum Gasteiger partial charge on any atom is -0.330 e. The third-order valence-electron chi connectivity index (χ3n) is 3.12. The van der Waals surface area contributed by atoms with E-state index >= 15 is 0 Å². The quantitative estimate of drug-likeness (QED) is 0.887. The molecule has 2 heteroatoms. The average molecular weight is 236 g/mol. The van der Waals surface area contributed by atoms with Crippen LogP contribution >= 0.6 is 0 Å². The average Bonchev–Trinajstić information content (AvgIpc) is 2.46. The molecule has 18 heavy (non-hydrogen) atoms. The van der Waals surface area contributed by atoms with Gasteiger partial charge in [0, 0.05) is 5.92 Å². The first-order valence-electron chi connectivity index (χ1n) is 6.07. The molecule has 2 aromatic rings. The summed E-state index contributed by atoms with van der Waals surface area (Å²) in [5.41, 5.74) is 9.04. The Kier molecular flexibility index (Phi) is 4.11. The summed E-state index contributed by atoms with van der Waals surface area (Å²) in [6.07, 6.45) is 0.909. The number of hydrogen-bond donors (Lipinski definition) is 1. The first-order chi connectivity index (χ1) is 8.83. The number of nitrogens with two attached hydrogens (primary N) is 1. The van der Waals surface area contributed by atoms with E-state index in [9.17, 15) is 0 Å². The zero-order valence-corrected chi connectivity index (χ0v) is 10.2. The van der Waals surface area contributed by atoms with Gasteiger partial charge in [0.25, 0.3) is 0 Å². The summed E-state index contributed by atoms with van der Waals surface area (Å²) in [5, 5.41) is 8.76. The van der Waals surface area contributed by atoms with Gasteiger partial charge in [0.05, 0.1) is 11.6 Å². The molecule has 0 saturated carbocycles. The van der Waals surface area contributed by atoms with Gasteiger partial charge in [-0.3, -0.25) is 0 Å². The number of rotatable bonds is 4. The minimum atomic E-state index is 0.333. The van der Waals surface area contributed by atoms with E-state index in [1.165, 1.54) is 11.1 Å². The maximum Gasteiger partial charge on any atom is 0.0991 e. The lowest BCUT2D eigenvalue weighted by Gasteiger charge is -2.15. The maximum atomic E-state index is 8.76. The Morgan fingerprint density at radius 3 is 2.22 bits per heavy atom. The van der Waals surface area contributed by atoms with Gasteiger partial charge in [0.2, 0.25) is 0 Å². The van der Waals surface area contributed by atoms with Gasteiger partial charge in [-0.2, -0.15) is 5.26 Å². The van der Waals surface area contributed by atoms with Gasteiger partial charge in [0.15, 0.2) is 0 Å². The molecule has 0 heterocycles. The molecule has 0 aliphatic rings. The molecule has 0 fully saturated rings. The van der Waals surface area contributed by atoms with E-state index < -0.39 is 0 Å². The summed E-state index contributed by atoms with van der Waals surface area (Å²) in [4.78, 5) is 0. The minimum absolute atomic E-state index is 0.333. The van der Waals surface area contributed by atoms with Gasteiger partial charge < -0.3 is 5.73 Å². The molecular formula is C16H16N2. The van der Waals surface area contributed by atoms with Crippen LogP contribution in [0.25, 0.3) is 0 Å². The predicted octanol–water partition coefficient (Wildman–Crippen LogP) is 2.84. The fourth-order valence-electron chi connectivity index (χ4n) is 2.06. The Morgan fingerprint density at radius 1 is 1.00 bits per heavy atom. The van der Waals surface area contributed by atoms with Crippen LogP contribution in [0.3, 0.4) is 0 Å². The highest BCUT2D eigenvalue weighted by Gasteiger charge is 2.10. The fourth-order valence-corrected chi connectivity index (χ4v) is 2.06. The first-order valence-corrected chi connectivity index (χ1v) is 6.07. The molecule has 1 unspecified atom stereocenters. The van der Waals surface area contributed by atoms with Crippen LogP contribution in [-0.4, -0.2) is 6.54 Å². The molecule has 0 amide bonds. The van der Waals surface area contributed by atoms with E-state index in [0.29, 0.717) is 18.0 Å². The Bertz CT molecular complexity index is 523. The van der Waals surface area contributed by atoms with Crippen molar-refractivity contribution >= 4 is 0 Å². The highest BCUT2D eigenvalue weighted by molar-refractivity contribution is 5.33. The second-order valence-electron chi connectivity index (χ2n) is 4.36. The Hall–Kier alpha value is -2.11. The van der Waals surface area contributed by atoms with Gasteiger partial charge >= 0.3 is 0 Å². The maximum absolute atomic E-state index is 8.76. The highest BCUT2D eigenvalue weighted by atomic mass is 14.5. The monoisotopic (exact) mass is 236 g/mol. The van der Waals surface area contributed by atoms with E-state index in [1.54, 1.807) is 0 Å². The number of nitriles is 1. The van der Waals surface area contributed by atoms with Crippen molar-refractivity contribution in [1.82, 2.24) is 0 Å². The van der Waals surface area contributed by atoms with Crippen LogP contribution < -0.4 is 5.73 Å². The molecule has 0 radical (unpaired) electrons. The number of benzene rings is 2. The van der Waals surface area contributed by atoms with Crippen molar-refractivity contribution in [3.8, 4) is 6.07 Å². The van der Waals surface area contributed by atoms with Crippen molar-refractivity contribution in [3.63, 3.8) is 0 Å². The normalized spacial score (nSPS) is 11.8. The van der Waals surface area contributed by atoms with Crippen LogP contribution in [0.4, 0.5) is 0 Å². The second-order valence-corrected chi connectivity index (χ2v) is 4.36. The summed E-state index contributed by atoms with van der Waals surface area (Å²) >= 11 is 0. The molecule has 0 bridgehead atoms. The van der Waals surface area contributed by atoms with Crippen LogP contribution in [0.15, 0.2) is 54.6 Å². The highest BCUT2D eigenvalue weighted by Crippen LogP contribution is 2.19. The molecule has 0 aliphatic heterocycles.